The van der Waals surface area contributed by atoms with Crippen LogP contribution < -0.4 is 11.1 Å². The van der Waals surface area contributed by atoms with Gasteiger partial charge in [0.05, 0.1) is 0 Å². The molecule has 0 aliphatic carbocycles. The van der Waals surface area contributed by atoms with E-state index in [-0.39, 0.29) is 0 Å². The predicted molar refractivity (Wildman–Crippen MR) is 82.9 cm³/mol. The normalized spacial score (nSPS) is 13.2. The number of rotatable bonds is 13. The molecule has 0 bridgehead atoms. The largest absolute Gasteiger partial charge is 0.330 e. The van der Waals surface area contributed by atoms with Crippen molar-refractivity contribution in [1.29, 1.82) is 0 Å². The molecule has 0 saturated carbocycles. The maximum atomic E-state index is 5.75. The summed E-state index contributed by atoms with van der Waals surface area (Å²) < 4.78 is 0. The lowest BCUT2D eigenvalue weighted by Crippen LogP contribution is -2.32. The average Bonchev–Trinajstić information content (AvgIpc) is 2.35. The second-order valence-electron chi connectivity index (χ2n) is 5.92. The van der Waals surface area contributed by atoms with E-state index < -0.39 is 0 Å². The van der Waals surface area contributed by atoms with Crippen LogP contribution in [0.5, 0.6) is 0 Å². The summed E-state index contributed by atoms with van der Waals surface area (Å²) in [5.74, 6) is 1.33. The van der Waals surface area contributed by atoms with Crippen LogP contribution in [0.4, 0.5) is 0 Å². The van der Waals surface area contributed by atoms with E-state index in [4.69, 9.17) is 5.73 Å². The van der Waals surface area contributed by atoms with Crippen molar-refractivity contribution in [3.05, 3.63) is 0 Å². The van der Waals surface area contributed by atoms with Crippen LogP contribution in [-0.2, 0) is 0 Å². The molecule has 0 spiro atoms. The minimum atomic E-state index is 0.638. The lowest BCUT2D eigenvalue weighted by atomic mass is 9.96. The molecule has 0 heterocycles. The fraction of sp³-hybridized carbons (Fsp3) is 1.00. The maximum Gasteiger partial charge on any atom is -0.000600 e. The molecular weight excluding hydrogens is 220 g/mol. The number of hydrogen-bond acceptors (Lipinski definition) is 2. The molecule has 0 radical (unpaired) electrons. The van der Waals surface area contributed by atoms with E-state index in [2.05, 4.69) is 26.1 Å². The van der Waals surface area contributed by atoms with Gasteiger partial charge in [-0.25, -0.2) is 0 Å². The highest BCUT2D eigenvalue weighted by molar-refractivity contribution is 4.66. The molecule has 110 valence electrons. The lowest BCUT2D eigenvalue weighted by Gasteiger charge is -2.19. The summed E-state index contributed by atoms with van der Waals surface area (Å²) in [4.78, 5) is 0. The van der Waals surface area contributed by atoms with Gasteiger partial charge in [0, 0.05) is 0 Å². The van der Waals surface area contributed by atoms with E-state index in [9.17, 15) is 0 Å². The Morgan fingerprint density at radius 1 is 0.889 bits per heavy atom. The molecule has 0 fully saturated rings. The molecule has 0 saturated heterocycles. The SMILES string of the molecule is CCCCCCCCCCNCC(CN)C(C)C. The zero-order valence-electron chi connectivity index (χ0n) is 13.0. The minimum absolute atomic E-state index is 0.638. The summed E-state index contributed by atoms with van der Waals surface area (Å²) in [6, 6.07) is 0. The first-order chi connectivity index (χ1) is 8.72. The molecule has 3 N–H and O–H groups in total. The number of unbranched alkanes of at least 4 members (excludes halogenated alkanes) is 7. The number of nitrogens with two attached hydrogens (primary N) is 1. The first kappa shape index (κ1) is 17.9. The highest BCUT2D eigenvalue weighted by Crippen LogP contribution is 2.09. The molecule has 18 heavy (non-hydrogen) atoms. The van der Waals surface area contributed by atoms with Crippen molar-refractivity contribution < 1.29 is 0 Å². The summed E-state index contributed by atoms with van der Waals surface area (Å²) >= 11 is 0. The van der Waals surface area contributed by atoms with Crippen LogP contribution in [0, 0.1) is 11.8 Å². The Hall–Kier alpha value is -0.0800. The lowest BCUT2D eigenvalue weighted by molar-refractivity contribution is 0.369. The van der Waals surface area contributed by atoms with Gasteiger partial charge in [-0.3, -0.25) is 0 Å². The molecule has 0 aliphatic heterocycles. The van der Waals surface area contributed by atoms with Gasteiger partial charge in [-0.1, -0.05) is 65.7 Å². The summed E-state index contributed by atoms with van der Waals surface area (Å²) in [6.45, 7) is 9.85. The first-order valence-electron chi connectivity index (χ1n) is 8.13. The van der Waals surface area contributed by atoms with Gasteiger partial charge < -0.3 is 11.1 Å². The van der Waals surface area contributed by atoms with Gasteiger partial charge in [-0.2, -0.15) is 0 Å². The van der Waals surface area contributed by atoms with Crippen molar-refractivity contribution in [2.24, 2.45) is 17.6 Å². The first-order valence-corrected chi connectivity index (χ1v) is 8.13. The Morgan fingerprint density at radius 3 is 1.94 bits per heavy atom. The van der Waals surface area contributed by atoms with Crippen molar-refractivity contribution in [3.8, 4) is 0 Å². The summed E-state index contributed by atoms with van der Waals surface area (Å²) in [5, 5.41) is 3.55. The Bertz CT molecular complexity index is 157. The molecule has 0 aromatic heterocycles. The fourth-order valence-corrected chi connectivity index (χ4v) is 2.26. The van der Waals surface area contributed by atoms with Gasteiger partial charge in [0.1, 0.15) is 0 Å². The fourth-order valence-electron chi connectivity index (χ4n) is 2.26. The summed E-state index contributed by atoms with van der Waals surface area (Å²) in [6.07, 6.45) is 11.2. The molecule has 2 nitrogen and oxygen atoms in total. The van der Waals surface area contributed by atoms with E-state index in [1.807, 2.05) is 0 Å². The van der Waals surface area contributed by atoms with E-state index in [0.29, 0.717) is 11.8 Å². The molecule has 0 rings (SSSR count). The summed E-state index contributed by atoms with van der Waals surface area (Å²) in [5.41, 5.74) is 5.75. The molecular formula is C16H36N2. The number of nitrogens with one attached hydrogen (secondary N) is 1. The Labute approximate surface area is 115 Å². The van der Waals surface area contributed by atoms with Crippen molar-refractivity contribution in [2.75, 3.05) is 19.6 Å². The van der Waals surface area contributed by atoms with Gasteiger partial charge in [0.2, 0.25) is 0 Å². The van der Waals surface area contributed by atoms with Crippen LogP contribution in [0.25, 0.3) is 0 Å². The van der Waals surface area contributed by atoms with Crippen LogP contribution >= 0.6 is 0 Å². The van der Waals surface area contributed by atoms with Crippen LogP contribution in [0.2, 0.25) is 0 Å². The highest BCUT2D eigenvalue weighted by atomic mass is 14.9. The second kappa shape index (κ2) is 13.4. The van der Waals surface area contributed by atoms with E-state index in [0.717, 1.165) is 19.6 Å². The smallest absolute Gasteiger partial charge is 0.000600 e. The quantitative estimate of drug-likeness (QED) is 0.490. The number of hydrogen-bond donors (Lipinski definition) is 2. The molecule has 0 amide bonds. The monoisotopic (exact) mass is 256 g/mol. The molecule has 1 atom stereocenters. The highest BCUT2D eigenvalue weighted by Gasteiger charge is 2.09. The molecule has 0 aromatic rings. The van der Waals surface area contributed by atoms with Gasteiger partial charge in [-0.15, -0.1) is 0 Å². The Balaban J connectivity index is 3.15. The van der Waals surface area contributed by atoms with E-state index >= 15 is 0 Å². The van der Waals surface area contributed by atoms with Crippen molar-refractivity contribution in [2.45, 2.75) is 72.1 Å². The van der Waals surface area contributed by atoms with Crippen molar-refractivity contribution in [1.82, 2.24) is 5.32 Å². The van der Waals surface area contributed by atoms with Crippen LogP contribution in [0.15, 0.2) is 0 Å². The molecule has 1 unspecified atom stereocenters. The van der Waals surface area contributed by atoms with Crippen LogP contribution in [0.1, 0.15) is 72.1 Å². The van der Waals surface area contributed by atoms with E-state index in [1.54, 1.807) is 0 Å². The zero-order valence-corrected chi connectivity index (χ0v) is 13.0. The van der Waals surface area contributed by atoms with Gasteiger partial charge in [-0.05, 0) is 37.9 Å². The molecule has 2 heteroatoms. The molecule has 0 aliphatic rings. The second-order valence-corrected chi connectivity index (χ2v) is 5.92. The predicted octanol–water partition coefficient (Wildman–Crippen LogP) is 3.95. The summed E-state index contributed by atoms with van der Waals surface area (Å²) in [7, 11) is 0. The minimum Gasteiger partial charge on any atom is -0.330 e. The van der Waals surface area contributed by atoms with Crippen molar-refractivity contribution >= 4 is 0 Å². The van der Waals surface area contributed by atoms with Gasteiger partial charge >= 0.3 is 0 Å². The Kier molecular flexibility index (Phi) is 13.3. The third-order valence-electron chi connectivity index (χ3n) is 3.86. The standard InChI is InChI=1S/C16H36N2/c1-4-5-6-7-8-9-10-11-12-18-14-16(13-17)15(2)3/h15-16,18H,4-14,17H2,1-3H3. The zero-order chi connectivity index (χ0) is 13.6. The van der Waals surface area contributed by atoms with Crippen molar-refractivity contribution in [3.63, 3.8) is 0 Å². The third-order valence-corrected chi connectivity index (χ3v) is 3.86. The van der Waals surface area contributed by atoms with E-state index in [1.165, 1.54) is 51.4 Å². The van der Waals surface area contributed by atoms with Gasteiger partial charge in [0.25, 0.3) is 0 Å². The van der Waals surface area contributed by atoms with Crippen LogP contribution in [-0.4, -0.2) is 19.6 Å². The topological polar surface area (TPSA) is 38.0 Å². The van der Waals surface area contributed by atoms with Crippen LogP contribution in [0.3, 0.4) is 0 Å². The van der Waals surface area contributed by atoms with Gasteiger partial charge in [0.15, 0.2) is 0 Å². The molecule has 0 aromatic carbocycles. The maximum absolute atomic E-state index is 5.75. The average molecular weight is 256 g/mol. The third kappa shape index (κ3) is 11.0. The Morgan fingerprint density at radius 2 is 1.44 bits per heavy atom.